The molecule has 0 atom stereocenters. The Bertz CT molecular complexity index is 8.00. The van der Waals surface area contributed by atoms with Crippen LogP contribution in [0.5, 0.6) is 0 Å². The van der Waals surface area contributed by atoms with Crippen LogP contribution in [0, 0.1) is 0 Å². The Hall–Kier alpha value is 3.43. The molecule has 0 aromatic carbocycles. The van der Waals surface area contributed by atoms with E-state index in [2.05, 4.69) is 0 Å². The molecule has 0 aromatic heterocycles. The van der Waals surface area contributed by atoms with Crippen LogP contribution in [0.1, 0.15) is 0 Å². The third kappa shape index (κ3) is 9.06. The second-order valence-corrected chi connectivity index (χ2v) is 0. The summed E-state index contributed by atoms with van der Waals surface area (Å²) >= 11 is 0. The fourth-order valence-corrected chi connectivity index (χ4v) is 0. The summed E-state index contributed by atoms with van der Waals surface area (Å²) in [5, 5.41) is 0. The van der Waals surface area contributed by atoms with Gasteiger partial charge in [-0.25, -0.2) is 0 Å². The van der Waals surface area contributed by atoms with Crippen LogP contribution in [0.15, 0.2) is 0 Å². The third-order valence-electron chi connectivity index (χ3n) is 0. The predicted molar refractivity (Wildman–Crippen MR) is 6.44 cm³/mol. The minimum absolute atomic E-state index is 0. The zero-order valence-corrected chi connectivity index (χ0v) is 11.0. The molecular weight excluding hydrogens is 284 g/mol. The Morgan fingerprint density at radius 2 is 1.00 bits per heavy atom. The minimum atomic E-state index is 0. The Kier molecular flexibility index (Phi) is 105. The van der Waals surface area contributed by atoms with Crippen LogP contribution in [0.4, 0.5) is 0 Å². The molecular formula is OSrYZr+7. The van der Waals surface area contributed by atoms with Gasteiger partial charge in [-0.3, -0.25) is 0 Å². The summed E-state index contributed by atoms with van der Waals surface area (Å²) in [7, 11) is 0. The topological polar surface area (TPSA) is 28.5 Å². The molecule has 0 aliphatic heterocycles. The van der Waals surface area contributed by atoms with Crippen molar-refractivity contribution in [3.05, 3.63) is 0 Å². The summed E-state index contributed by atoms with van der Waals surface area (Å²) in [6.45, 7) is 0. The van der Waals surface area contributed by atoms with Crippen LogP contribution >= 0.6 is 0 Å². The number of hydrogen-bond donors (Lipinski definition) is 0. The van der Waals surface area contributed by atoms with E-state index in [0.29, 0.717) is 0 Å². The smallest absolute Gasteiger partial charge is 2.00 e. The Morgan fingerprint density at radius 1 is 1.00 bits per heavy atom. The molecule has 0 spiro atoms. The van der Waals surface area contributed by atoms with Gasteiger partial charge in [-0.1, -0.05) is 0 Å². The molecule has 0 saturated heterocycles. The van der Waals surface area contributed by atoms with Crippen LogP contribution < -0.4 is 0 Å². The SMILES string of the molecule is [O-2].[Sr+2].[Y+3].[Zr+4]. The zero-order valence-electron chi connectivity index (χ0n) is 2.19. The normalized spacial score (nSPS) is 0. The van der Waals surface area contributed by atoms with E-state index in [-0.39, 0.29) is 110 Å². The second kappa shape index (κ2) is 16.1. The monoisotopic (exact) mass is 283 g/mol. The van der Waals surface area contributed by atoms with Crippen LogP contribution in [0.25, 0.3) is 0 Å². The van der Waals surface area contributed by atoms with Crippen molar-refractivity contribution in [3.63, 3.8) is 0 Å². The number of hydrogen-bond acceptors (Lipinski definition) is 0. The van der Waals surface area contributed by atoms with Crippen LogP contribution in [0.3, 0.4) is 0 Å². The van der Waals surface area contributed by atoms with Gasteiger partial charge >= 0.3 is 104 Å². The molecule has 0 aromatic rings. The molecule has 8 valence electrons. The molecule has 0 aliphatic carbocycles. The predicted octanol–water partition coefficient (Wildman–Crippen LogP) is -0.505. The van der Waals surface area contributed by atoms with Gasteiger partial charge in [0.15, 0.2) is 0 Å². The summed E-state index contributed by atoms with van der Waals surface area (Å²) in [6, 6.07) is 0. The number of rotatable bonds is 0. The maximum absolute atomic E-state index is 0. The molecule has 0 radical (unpaired) electrons. The Morgan fingerprint density at radius 3 is 1.00 bits per heavy atom. The van der Waals surface area contributed by atoms with E-state index in [1.165, 1.54) is 0 Å². The summed E-state index contributed by atoms with van der Waals surface area (Å²) < 4.78 is 0. The van der Waals surface area contributed by atoms with E-state index in [0.717, 1.165) is 0 Å². The molecule has 0 bridgehead atoms. The first-order valence-corrected chi connectivity index (χ1v) is 0. The van der Waals surface area contributed by atoms with Crippen molar-refractivity contribution in [1.29, 1.82) is 0 Å². The average Bonchev–Trinajstić information content (AvgIpc) is 0. The van der Waals surface area contributed by atoms with Crippen molar-refractivity contribution in [2.24, 2.45) is 0 Å². The Labute approximate surface area is 107 Å². The van der Waals surface area contributed by atoms with Crippen LogP contribution in [0.2, 0.25) is 0 Å². The van der Waals surface area contributed by atoms with Crippen molar-refractivity contribution in [2.45, 2.75) is 0 Å². The van der Waals surface area contributed by atoms with Gasteiger partial charge in [0, 0.05) is 0 Å². The van der Waals surface area contributed by atoms with Gasteiger partial charge < -0.3 is 5.48 Å². The fraction of sp³-hybridized carbons (Fsp3) is 0. The van der Waals surface area contributed by atoms with Crippen molar-refractivity contribution in [3.8, 4) is 0 Å². The van der Waals surface area contributed by atoms with Gasteiger partial charge in [-0.15, -0.1) is 0 Å². The van der Waals surface area contributed by atoms with E-state index in [9.17, 15) is 0 Å². The van der Waals surface area contributed by atoms with Gasteiger partial charge in [-0.2, -0.15) is 0 Å². The molecule has 4 heavy (non-hydrogen) atoms. The summed E-state index contributed by atoms with van der Waals surface area (Å²) in [4.78, 5) is 0. The quantitative estimate of drug-likeness (QED) is 0.536. The van der Waals surface area contributed by atoms with Crippen LogP contribution in [-0.2, 0) is 64.4 Å². The Balaban J connectivity index is 0. The summed E-state index contributed by atoms with van der Waals surface area (Å²) in [6.07, 6.45) is 0. The van der Waals surface area contributed by atoms with Gasteiger partial charge in [0.2, 0.25) is 0 Å². The molecule has 0 heterocycles. The third-order valence-corrected chi connectivity index (χ3v) is 0. The van der Waals surface area contributed by atoms with Crippen molar-refractivity contribution >= 4 is 45.5 Å². The maximum atomic E-state index is 0. The van der Waals surface area contributed by atoms with Crippen molar-refractivity contribution in [1.82, 2.24) is 0 Å². The van der Waals surface area contributed by atoms with E-state index >= 15 is 0 Å². The standard InChI is InChI=1S/O.Sr.Y.Zr/q-2;+2;+3;+4. The summed E-state index contributed by atoms with van der Waals surface area (Å²) in [5.74, 6) is 0. The molecule has 0 saturated carbocycles. The van der Waals surface area contributed by atoms with Crippen LogP contribution in [-0.4, -0.2) is 45.5 Å². The van der Waals surface area contributed by atoms with Gasteiger partial charge in [0.25, 0.3) is 0 Å². The molecule has 0 fully saturated rings. The van der Waals surface area contributed by atoms with Gasteiger partial charge in [0.05, 0.1) is 0 Å². The van der Waals surface area contributed by atoms with E-state index in [1.54, 1.807) is 0 Å². The molecule has 1 nitrogen and oxygen atoms in total. The van der Waals surface area contributed by atoms with Gasteiger partial charge in [0.1, 0.15) is 0 Å². The van der Waals surface area contributed by atoms with E-state index in [1.807, 2.05) is 0 Å². The first kappa shape index (κ1) is 26.1. The molecule has 0 aliphatic rings. The fourth-order valence-electron chi connectivity index (χ4n) is 0. The summed E-state index contributed by atoms with van der Waals surface area (Å²) in [5.41, 5.74) is 0. The zero-order chi connectivity index (χ0) is 0. The molecule has 0 amide bonds. The average molecular weight is 284 g/mol. The van der Waals surface area contributed by atoms with Crippen molar-refractivity contribution in [2.75, 3.05) is 0 Å². The molecule has 0 rings (SSSR count). The van der Waals surface area contributed by atoms with Crippen molar-refractivity contribution < 1.29 is 64.4 Å². The van der Waals surface area contributed by atoms with E-state index in [4.69, 9.17) is 0 Å². The largest absolute Gasteiger partial charge is 4.00 e. The first-order valence-electron chi connectivity index (χ1n) is 0. The molecule has 0 N–H and O–H groups in total. The minimum Gasteiger partial charge on any atom is -2.00 e. The maximum Gasteiger partial charge on any atom is 4.00 e. The van der Waals surface area contributed by atoms with Gasteiger partial charge in [-0.05, 0) is 0 Å². The molecule has 0 unspecified atom stereocenters. The molecule has 4 heteroatoms. The van der Waals surface area contributed by atoms with E-state index < -0.39 is 0 Å². The first-order chi connectivity index (χ1) is 0. The second-order valence-electron chi connectivity index (χ2n) is 0.